The zero-order chi connectivity index (χ0) is 9.14. The highest BCUT2D eigenvalue weighted by Gasteiger charge is 2.09. The molecular formula is C7H8ClN3O. The van der Waals surface area contributed by atoms with Gasteiger partial charge in [0.1, 0.15) is 5.69 Å². The van der Waals surface area contributed by atoms with E-state index in [9.17, 15) is 4.79 Å². The van der Waals surface area contributed by atoms with Crippen LogP contribution in [0.5, 0.6) is 0 Å². The Morgan fingerprint density at radius 1 is 1.75 bits per heavy atom. The average Bonchev–Trinajstić information content (AvgIpc) is 2.03. The smallest absolute Gasteiger partial charge is 0.285 e. The SMILES string of the molecule is Cc1cnc(C(=O)NN)c(Cl)c1. The molecule has 0 radical (unpaired) electrons. The third kappa shape index (κ3) is 1.72. The van der Waals surface area contributed by atoms with Gasteiger partial charge in [0.05, 0.1) is 5.02 Å². The highest BCUT2D eigenvalue weighted by atomic mass is 35.5. The standard InChI is InChI=1S/C7H8ClN3O/c1-4-2-5(8)6(10-3-4)7(12)11-9/h2-3H,9H2,1H3,(H,11,12). The van der Waals surface area contributed by atoms with Crippen LogP contribution in [0.15, 0.2) is 12.3 Å². The zero-order valence-electron chi connectivity index (χ0n) is 6.47. The summed E-state index contributed by atoms with van der Waals surface area (Å²) in [4.78, 5) is 14.8. The number of aromatic nitrogens is 1. The van der Waals surface area contributed by atoms with Crippen molar-refractivity contribution in [3.05, 3.63) is 28.5 Å². The zero-order valence-corrected chi connectivity index (χ0v) is 7.22. The summed E-state index contributed by atoms with van der Waals surface area (Å²) in [6.07, 6.45) is 1.55. The molecule has 1 aromatic rings. The van der Waals surface area contributed by atoms with Crippen LogP contribution in [0.2, 0.25) is 5.02 Å². The van der Waals surface area contributed by atoms with E-state index in [0.717, 1.165) is 5.56 Å². The molecule has 0 fully saturated rings. The van der Waals surface area contributed by atoms with Crippen molar-refractivity contribution in [3.8, 4) is 0 Å². The number of halogens is 1. The Hall–Kier alpha value is -1.13. The van der Waals surface area contributed by atoms with E-state index in [1.165, 1.54) is 0 Å². The summed E-state index contributed by atoms with van der Waals surface area (Å²) in [7, 11) is 0. The molecule has 3 N–H and O–H groups in total. The van der Waals surface area contributed by atoms with E-state index in [0.29, 0.717) is 5.02 Å². The van der Waals surface area contributed by atoms with Gasteiger partial charge in [-0.15, -0.1) is 0 Å². The molecule has 0 atom stereocenters. The van der Waals surface area contributed by atoms with Gasteiger partial charge in [-0.3, -0.25) is 10.2 Å². The number of aryl methyl sites for hydroxylation is 1. The number of hydrogen-bond donors (Lipinski definition) is 2. The van der Waals surface area contributed by atoms with Gasteiger partial charge in [0.2, 0.25) is 0 Å². The van der Waals surface area contributed by atoms with E-state index >= 15 is 0 Å². The number of carbonyl (C=O) groups excluding carboxylic acids is 1. The highest BCUT2D eigenvalue weighted by molar-refractivity contribution is 6.33. The van der Waals surface area contributed by atoms with Crippen LogP contribution >= 0.6 is 11.6 Å². The summed E-state index contributed by atoms with van der Waals surface area (Å²) in [5, 5.41) is 0.304. The van der Waals surface area contributed by atoms with Crippen LogP contribution in [0.4, 0.5) is 0 Å². The van der Waals surface area contributed by atoms with Gasteiger partial charge in [-0.25, -0.2) is 10.8 Å². The van der Waals surface area contributed by atoms with Crippen LogP contribution in [0.3, 0.4) is 0 Å². The molecular weight excluding hydrogens is 178 g/mol. The summed E-state index contributed by atoms with van der Waals surface area (Å²) in [6.45, 7) is 1.84. The minimum atomic E-state index is -0.486. The molecule has 0 saturated carbocycles. The number of carbonyl (C=O) groups is 1. The highest BCUT2D eigenvalue weighted by Crippen LogP contribution is 2.13. The molecule has 0 spiro atoms. The Kier molecular flexibility index (Phi) is 2.62. The number of hydrazine groups is 1. The lowest BCUT2D eigenvalue weighted by Crippen LogP contribution is -2.30. The second-order valence-corrected chi connectivity index (χ2v) is 2.72. The van der Waals surface area contributed by atoms with Crippen molar-refractivity contribution in [3.63, 3.8) is 0 Å². The van der Waals surface area contributed by atoms with Gasteiger partial charge in [-0.1, -0.05) is 11.6 Å². The molecule has 0 aliphatic rings. The summed E-state index contributed by atoms with van der Waals surface area (Å²) in [5.74, 6) is 4.43. The van der Waals surface area contributed by atoms with E-state index in [-0.39, 0.29) is 5.69 Å². The van der Waals surface area contributed by atoms with Gasteiger partial charge in [-0.05, 0) is 18.6 Å². The number of nitrogens with two attached hydrogens (primary N) is 1. The quantitative estimate of drug-likeness (QED) is 0.384. The first-order valence-corrected chi connectivity index (χ1v) is 3.66. The summed E-state index contributed by atoms with van der Waals surface area (Å²) in [5.41, 5.74) is 3.00. The van der Waals surface area contributed by atoms with Crippen LogP contribution in [0.1, 0.15) is 16.1 Å². The van der Waals surface area contributed by atoms with Crippen LogP contribution in [0.25, 0.3) is 0 Å². The van der Waals surface area contributed by atoms with E-state index in [1.807, 2.05) is 12.3 Å². The third-order valence-corrected chi connectivity index (χ3v) is 1.61. The topological polar surface area (TPSA) is 68.0 Å². The average molecular weight is 186 g/mol. The molecule has 5 heteroatoms. The minimum Gasteiger partial charge on any atom is -0.289 e. The predicted octanol–water partition coefficient (Wildman–Crippen LogP) is 0.647. The van der Waals surface area contributed by atoms with E-state index in [1.54, 1.807) is 12.3 Å². The molecule has 0 aliphatic heterocycles. The number of nitrogens with one attached hydrogen (secondary N) is 1. The van der Waals surface area contributed by atoms with Crippen molar-refractivity contribution in [2.24, 2.45) is 5.84 Å². The number of pyridine rings is 1. The number of nitrogen functional groups attached to an aromatic ring is 1. The fraction of sp³-hybridized carbons (Fsp3) is 0.143. The van der Waals surface area contributed by atoms with Gasteiger partial charge in [-0.2, -0.15) is 0 Å². The van der Waals surface area contributed by atoms with Crippen LogP contribution < -0.4 is 11.3 Å². The molecule has 1 amide bonds. The Bertz CT molecular complexity index is 314. The second-order valence-electron chi connectivity index (χ2n) is 2.32. The van der Waals surface area contributed by atoms with Crippen LogP contribution in [0, 0.1) is 6.92 Å². The summed E-state index contributed by atoms with van der Waals surface area (Å²) < 4.78 is 0. The largest absolute Gasteiger partial charge is 0.289 e. The molecule has 4 nitrogen and oxygen atoms in total. The van der Waals surface area contributed by atoms with Crippen molar-refractivity contribution < 1.29 is 4.79 Å². The first-order chi connectivity index (χ1) is 5.65. The minimum absolute atomic E-state index is 0.143. The Morgan fingerprint density at radius 3 is 2.92 bits per heavy atom. The molecule has 1 heterocycles. The fourth-order valence-corrected chi connectivity index (χ4v) is 1.08. The normalized spacial score (nSPS) is 9.58. The first kappa shape index (κ1) is 8.96. The van der Waals surface area contributed by atoms with Gasteiger partial charge in [0.15, 0.2) is 0 Å². The third-order valence-electron chi connectivity index (χ3n) is 1.32. The van der Waals surface area contributed by atoms with Crippen molar-refractivity contribution in [1.29, 1.82) is 0 Å². The molecule has 0 unspecified atom stereocenters. The number of hydrogen-bond acceptors (Lipinski definition) is 3. The van der Waals surface area contributed by atoms with Gasteiger partial charge in [0.25, 0.3) is 5.91 Å². The van der Waals surface area contributed by atoms with Crippen molar-refractivity contribution in [2.45, 2.75) is 6.92 Å². The molecule has 0 aliphatic carbocycles. The molecule has 0 saturated heterocycles. The van der Waals surface area contributed by atoms with Crippen molar-refractivity contribution in [1.82, 2.24) is 10.4 Å². The van der Waals surface area contributed by atoms with E-state index < -0.39 is 5.91 Å². The lowest BCUT2D eigenvalue weighted by Gasteiger charge is -2.01. The number of amides is 1. The maximum absolute atomic E-state index is 11.0. The maximum atomic E-state index is 11.0. The molecule has 1 aromatic heterocycles. The molecule has 1 rings (SSSR count). The van der Waals surface area contributed by atoms with Crippen LogP contribution in [-0.2, 0) is 0 Å². The van der Waals surface area contributed by atoms with Gasteiger partial charge >= 0.3 is 0 Å². The monoisotopic (exact) mass is 185 g/mol. The molecule has 0 aromatic carbocycles. The van der Waals surface area contributed by atoms with Gasteiger partial charge < -0.3 is 0 Å². The van der Waals surface area contributed by atoms with Gasteiger partial charge in [0, 0.05) is 6.20 Å². The molecule has 0 bridgehead atoms. The maximum Gasteiger partial charge on any atom is 0.285 e. The Labute approximate surface area is 74.7 Å². The van der Waals surface area contributed by atoms with E-state index in [4.69, 9.17) is 17.4 Å². The lowest BCUT2D eigenvalue weighted by atomic mass is 10.2. The number of rotatable bonds is 1. The Balaban J connectivity index is 3.09. The lowest BCUT2D eigenvalue weighted by molar-refractivity contribution is 0.0949. The first-order valence-electron chi connectivity index (χ1n) is 3.28. The summed E-state index contributed by atoms with van der Waals surface area (Å²) >= 11 is 5.72. The molecule has 12 heavy (non-hydrogen) atoms. The predicted molar refractivity (Wildman–Crippen MR) is 45.6 cm³/mol. The van der Waals surface area contributed by atoms with Crippen LogP contribution in [-0.4, -0.2) is 10.9 Å². The van der Waals surface area contributed by atoms with Crippen molar-refractivity contribution >= 4 is 17.5 Å². The summed E-state index contributed by atoms with van der Waals surface area (Å²) in [6, 6.07) is 1.65. The van der Waals surface area contributed by atoms with E-state index in [2.05, 4.69) is 4.98 Å². The number of nitrogens with zero attached hydrogens (tertiary/aromatic N) is 1. The van der Waals surface area contributed by atoms with Crippen molar-refractivity contribution in [2.75, 3.05) is 0 Å². The Morgan fingerprint density at radius 2 is 2.42 bits per heavy atom. The fourth-order valence-electron chi connectivity index (χ4n) is 0.769. The second kappa shape index (κ2) is 3.51. The molecule has 64 valence electrons.